The first-order valence-electron chi connectivity index (χ1n) is 9.05. The number of benzene rings is 1. The van der Waals surface area contributed by atoms with Crippen LogP contribution in [0.15, 0.2) is 43.1 Å². The van der Waals surface area contributed by atoms with E-state index in [0.717, 1.165) is 52.9 Å². The van der Waals surface area contributed by atoms with Crippen LogP contribution in [-0.4, -0.2) is 26.7 Å². The largest absolute Gasteiger partial charge is 0.489 e. The molecule has 2 heterocycles. The smallest absolute Gasteiger partial charge is 0.255 e. The van der Waals surface area contributed by atoms with Gasteiger partial charge in [0, 0.05) is 17.3 Å². The van der Waals surface area contributed by atoms with E-state index in [1.54, 1.807) is 6.08 Å². The first kappa shape index (κ1) is 17.8. The van der Waals surface area contributed by atoms with Crippen LogP contribution >= 0.6 is 11.8 Å². The molecule has 0 bridgehead atoms. The van der Waals surface area contributed by atoms with E-state index in [9.17, 15) is 4.79 Å². The Labute approximate surface area is 162 Å². The van der Waals surface area contributed by atoms with Gasteiger partial charge in [-0.05, 0) is 38.3 Å². The summed E-state index contributed by atoms with van der Waals surface area (Å²) >= 11 is 1.30. The molecule has 0 amide bonds. The highest BCUT2D eigenvalue weighted by Crippen LogP contribution is 2.43. The van der Waals surface area contributed by atoms with Crippen molar-refractivity contribution < 1.29 is 9.53 Å². The summed E-state index contributed by atoms with van der Waals surface area (Å²) in [4.78, 5) is 25.0. The summed E-state index contributed by atoms with van der Waals surface area (Å²) in [6.07, 6.45) is 6.43. The number of nitrogens with one attached hydrogen (secondary N) is 1. The second-order valence-electron chi connectivity index (χ2n) is 6.62. The summed E-state index contributed by atoms with van der Waals surface area (Å²) < 4.78 is 5.89. The number of fused-ring (bicyclic) bond motifs is 2. The average molecular weight is 379 g/mol. The highest BCUT2D eigenvalue weighted by Gasteiger charge is 2.29. The van der Waals surface area contributed by atoms with Gasteiger partial charge in [0.15, 0.2) is 5.82 Å². The van der Waals surface area contributed by atoms with Gasteiger partial charge < -0.3 is 9.72 Å². The fourth-order valence-electron chi connectivity index (χ4n) is 3.47. The van der Waals surface area contributed by atoms with E-state index >= 15 is 0 Å². The molecule has 2 aromatic heterocycles. The minimum absolute atomic E-state index is 0.0149. The van der Waals surface area contributed by atoms with E-state index in [1.165, 1.54) is 11.8 Å². The van der Waals surface area contributed by atoms with Crippen molar-refractivity contribution >= 4 is 27.9 Å². The Balaban J connectivity index is 1.60. The lowest BCUT2D eigenvalue weighted by Crippen LogP contribution is -2.14. The third-order valence-electron chi connectivity index (χ3n) is 4.71. The lowest BCUT2D eigenvalue weighted by molar-refractivity contribution is 0.108. The minimum Gasteiger partial charge on any atom is -0.489 e. The molecule has 1 N–H and O–H groups in total. The topological polar surface area (TPSA) is 67.9 Å². The number of nitrogens with zero attached hydrogens (tertiary/aromatic N) is 2. The van der Waals surface area contributed by atoms with E-state index < -0.39 is 0 Å². The Bertz CT molecular complexity index is 979. The molecular weight excluding hydrogens is 358 g/mol. The molecule has 0 saturated carbocycles. The Kier molecular flexibility index (Phi) is 4.99. The summed E-state index contributed by atoms with van der Waals surface area (Å²) in [5.74, 6) is 1.28. The van der Waals surface area contributed by atoms with Crippen LogP contribution in [0.5, 0.6) is 5.75 Å². The van der Waals surface area contributed by atoms with Gasteiger partial charge in [-0.3, -0.25) is 9.78 Å². The van der Waals surface area contributed by atoms with Crippen molar-refractivity contribution in [2.75, 3.05) is 6.61 Å². The van der Waals surface area contributed by atoms with Crippen LogP contribution in [0.2, 0.25) is 0 Å². The van der Waals surface area contributed by atoms with Gasteiger partial charge in [-0.2, -0.15) is 0 Å². The Morgan fingerprint density at radius 3 is 3.11 bits per heavy atom. The number of aromatic nitrogens is 3. The number of aryl methyl sites for hydroxylation is 1. The van der Waals surface area contributed by atoms with Crippen LogP contribution in [0.4, 0.5) is 0 Å². The van der Waals surface area contributed by atoms with Crippen LogP contribution in [0.1, 0.15) is 45.5 Å². The van der Waals surface area contributed by atoms with E-state index in [0.29, 0.717) is 12.4 Å². The van der Waals surface area contributed by atoms with Crippen molar-refractivity contribution in [1.82, 2.24) is 15.0 Å². The number of ether oxygens (including phenoxy) is 1. The van der Waals surface area contributed by atoms with Crippen molar-refractivity contribution in [2.24, 2.45) is 0 Å². The van der Waals surface area contributed by atoms with Crippen molar-refractivity contribution in [3.8, 4) is 5.75 Å². The number of aromatic amines is 1. The van der Waals surface area contributed by atoms with Crippen LogP contribution in [0.3, 0.4) is 0 Å². The second-order valence-corrected chi connectivity index (χ2v) is 7.80. The van der Waals surface area contributed by atoms with E-state index in [-0.39, 0.29) is 10.4 Å². The average Bonchev–Trinajstić information content (AvgIpc) is 3.12. The van der Waals surface area contributed by atoms with E-state index in [4.69, 9.17) is 4.74 Å². The summed E-state index contributed by atoms with van der Waals surface area (Å²) in [6, 6.07) is 7.67. The monoisotopic (exact) mass is 379 g/mol. The first-order chi connectivity index (χ1) is 13.2. The number of hydrogen-bond acceptors (Lipinski definition) is 5. The molecule has 3 aromatic rings. The standard InChI is InChI=1S/C21H21N3O2S/c1-3-11-26-19-13(2)12-22-18-14(19)7-6-10-17(18)27-21(25)20-23-15-8-4-5-9-16(15)24-20/h3-5,8-9,12,17H,1,6-7,10-11H2,2H3,(H,23,24). The van der Waals surface area contributed by atoms with Gasteiger partial charge in [-0.1, -0.05) is 36.5 Å². The minimum atomic E-state index is -0.0556. The van der Waals surface area contributed by atoms with Gasteiger partial charge in [-0.15, -0.1) is 0 Å². The third-order valence-corrected chi connectivity index (χ3v) is 5.87. The fraction of sp³-hybridized carbons (Fsp3) is 0.286. The zero-order chi connectivity index (χ0) is 18.8. The van der Waals surface area contributed by atoms with Gasteiger partial charge in [0.2, 0.25) is 0 Å². The maximum absolute atomic E-state index is 12.8. The summed E-state index contributed by atoms with van der Waals surface area (Å²) in [7, 11) is 0. The van der Waals surface area contributed by atoms with Crippen molar-refractivity contribution in [3.63, 3.8) is 0 Å². The number of imidazole rings is 1. The highest BCUT2D eigenvalue weighted by atomic mass is 32.2. The number of pyridine rings is 1. The molecule has 27 heavy (non-hydrogen) atoms. The zero-order valence-electron chi connectivity index (χ0n) is 15.2. The summed E-state index contributed by atoms with van der Waals surface area (Å²) in [5, 5.41) is -0.0406. The SMILES string of the molecule is C=CCOc1c(C)cnc2c1CCCC2SC(=O)c1nc2ccccc2[nH]1. The molecule has 1 unspecified atom stereocenters. The number of para-hydroxylation sites is 2. The number of hydrogen-bond donors (Lipinski definition) is 1. The van der Waals surface area contributed by atoms with Crippen LogP contribution in [-0.2, 0) is 6.42 Å². The van der Waals surface area contributed by atoms with Crippen LogP contribution in [0, 0.1) is 6.92 Å². The van der Waals surface area contributed by atoms with Crippen molar-refractivity contribution in [3.05, 3.63) is 65.8 Å². The van der Waals surface area contributed by atoms with Crippen molar-refractivity contribution in [2.45, 2.75) is 31.4 Å². The highest BCUT2D eigenvalue weighted by molar-refractivity contribution is 8.14. The molecular formula is C21H21N3O2S. The zero-order valence-corrected chi connectivity index (χ0v) is 16.0. The Morgan fingerprint density at radius 1 is 1.44 bits per heavy atom. The van der Waals surface area contributed by atoms with Gasteiger partial charge in [-0.25, -0.2) is 4.98 Å². The normalized spacial score (nSPS) is 16.1. The molecule has 0 saturated heterocycles. The molecule has 1 atom stereocenters. The molecule has 0 fully saturated rings. The molecule has 6 heteroatoms. The molecule has 138 valence electrons. The maximum Gasteiger partial charge on any atom is 0.255 e. The number of thioether (sulfide) groups is 1. The first-order valence-corrected chi connectivity index (χ1v) is 9.93. The molecule has 5 nitrogen and oxygen atoms in total. The number of carbonyl (C=O) groups excluding carboxylic acids is 1. The summed E-state index contributed by atoms with van der Waals surface area (Å²) in [5.41, 5.74) is 4.78. The molecule has 4 rings (SSSR count). The number of rotatable bonds is 5. The summed E-state index contributed by atoms with van der Waals surface area (Å²) in [6.45, 7) is 6.19. The lowest BCUT2D eigenvalue weighted by atomic mass is 9.93. The van der Waals surface area contributed by atoms with Gasteiger partial charge in [0.25, 0.3) is 5.12 Å². The molecule has 1 aliphatic carbocycles. The van der Waals surface area contributed by atoms with Gasteiger partial charge in [0.05, 0.1) is 22.0 Å². The predicted octanol–water partition coefficient (Wildman–Crippen LogP) is 4.78. The van der Waals surface area contributed by atoms with E-state index in [2.05, 4.69) is 21.5 Å². The van der Waals surface area contributed by atoms with Crippen LogP contribution in [0.25, 0.3) is 11.0 Å². The van der Waals surface area contributed by atoms with E-state index in [1.807, 2.05) is 37.4 Å². The molecule has 0 radical (unpaired) electrons. The quantitative estimate of drug-likeness (QED) is 0.646. The van der Waals surface area contributed by atoms with Gasteiger partial charge >= 0.3 is 0 Å². The van der Waals surface area contributed by atoms with Crippen LogP contribution < -0.4 is 4.74 Å². The molecule has 1 aromatic carbocycles. The fourth-order valence-corrected chi connectivity index (χ4v) is 4.54. The molecule has 1 aliphatic rings. The lowest BCUT2D eigenvalue weighted by Gasteiger charge is -2.25. The van der Waals surface area contributed by atoms with Crippen molar-refractivity contribution in [1.29, 1.82) is 0 Å². The maximum atomic E-state index is 12.8. The molecule has 0 aliphatic heterocycles. The molecule has 0 spiro atoms. The van der Waals surface area contributed by atoms with Gasteiger partial charge in [0.1, 0.15) is 12.4 Å². The second kappa shape index (κ2) is 7.56. The number of H-pyrrole nitrogens is 1. The predicted molar refractivity (Wildman–Crippen MR) is 108 cm³/mol. The Morgan fingerprint density at radius 2 is 2.30 bits per heavy atom. The third kappa shape index (κ3) is 3.49. The Hall–Kier alpha value is -2.60. The number of carbonyl (C=O) groups is 1.